The molecule has 0 saturated carbocycles. The third-order valence-electron chi connectivity index (χ3n) is 0.864. The fourth-order valence-corrected chi connectivity index (χ4v) is 0.604. The Balaban J connectivity index is 3.27. The number of carbonyl (C=O) groups is 1. The number of carboxylic acids is 1. The zero-order valence-electron chi connectivity index (χ0n) is 4.91. The monoisotopic (exact) mass is 195 g/mol. The summed E-state index contributed by atoms with van der Waals surface area (Å²) < 4.78 is -0.305. The van der Waals surface area contributed by atoms with Crippen molar-refractivity contribution in [3.63, 3.8) is 0 Å². The number of carboxylic acid groups (broad SMARTS) is 1. The van der Waals surface area contributed by atoms with Gasteiger partial charge in [-0.3, -0.25) is 0 Å². The number of hydrogen-bond acceptors (Lipinski definition) is 3. The summed E-state index contributed by atoms with van der Waals surface area (Å²) >= 11 is 1.18. The molecule has 0 aromatic carbocycles. The Morgan fingerprint density at radius 3 is 2.78 bits per heavy atom. The molecule has 0 radical (unpaired) electrons. The summed E-state index contributed by atoms with van der Waals surface area (Å²) in [7, 11) is 0. The first-order chi connectivity index (χ1) is 4.18. The summed E-state index contributed by atoms with van der Waals surface area (Å²) in [5.74, 6) is 3.91. The Bertz CT molecular complexity index is 97.8. The Morgan fingerprint density at radius 2 is 2.44 bits per heavy atom. The molecule has 0 saturated heterocycles. The van der Waals surface area contributed by atoms with Gasteiger partial charge in [-0.1, -0.05) is 0 Å². The first-order valence-electron chi connectivity index (χ1n) is 2.48. The molecule has 0 aliphatic rings. The SMILES string of the molecule is NOCCC([AsH2])C(=O)O. The van der Waals surface area contributed by atoms with E-state index in [0.717, 1.165) is 0 Å². The van der Waals surface area contributed by atoms with Crippen LogP contribution >= 0.6 is 0 Å². The Labute approximate surface area is 61.8 Å². The van der Waals surface area contributed by atoms with E-state index in [1.54, 1.807) is 0 Å². The van der Waals surface area contributed by atoms with E-state index in [9.17, 15) is 4.79 Å². The Morgan fingerprint density at radius 1 is 1.89 bits per heavy atom. The summed E-state index contributed by atoms with van der Waals surface area (Å²) in [5.41, 5.74) is 0. The molecule has 0 bridgehead atoms. The van der Waals surface area contributed by atoms with Crippen molar-refractivity contribution in [3.05, 3.63) is 0 Å². The van der Waals surface area contributed by atoms with Crippen LogP contribution in [-0.2, 0) is 9.63 Å². The molecule has 54 valence electrons. The van der Waals surface area contributed by atoms with E-state index < -0.39 is 5.97 Å². The standard InChI is InChI=1S/C4H10AsNO3/c5-3(4(7)8)1-2-9-6/h3H,1-2,5-6H2,(H,7,8). The number of aliphatic carboxylic acids is 1. The average Bonchev–Trinajstić information content (AvgIpc) is 1.82. The zero-order chi connectivity index (χ0) is 7.28. The Kier molecular flexibility index (Phi) is 4.77. The second kappa shape index (κ2) is 4.79. The summed E-state index contributed by atoms with van der Waals surface area (Å²) in [6.07, 6.45) is 0.492. The van der Waals surface area contributed by atoms with Gasteiger partial charge in [0.15, 0.2) is 0 Å². The Hall–Kier alpha value is -0.0516. The third kappa shape index (κ3) is 4.45. The van der Waals surface area contributed by atoms with Crippen LogP contribution in [0.3, 0.4) is 0 Å². The van der Waals surface area contributed by atoms with E-state index in [1.807, 2.05) is 0 Å². The van der Waals surface area contributed by atoms with Crippen molar-refractivity contribution in [1.82, 2.24) is 0 Å². The topological polar surface area (TPSA) is 72.5 Å². The van der Waals surface area contributed by atoms with Crippen molar-refractivity contribution in [2.45, 2.75) is 11.1 Å². The number of nitrogens with two attached hydrogens (primary N) is 1. The molecular weight excluding hydrogens is 185 g/mol. The average molecular weight is 195 g/mol. The van der Waals surface area contributed by atoms with Gasteiger partial charge in [-0.05, 0) is 0 Å². The zero-order valence-corrected chi connectivity index (χ0v) is 7.33. The molecular formula is C4H10AsNO3. The van der Waals surface area contributed by atoms with Gasteiger partial charge in [0.05, 0.1) is 0 Å². The van der Waals surface area contributed by atoms with Crippen LogP contribution in [-0.4, -0.2) is 34.5 Å². The molecule has 0 heterocycles. The molecule has 0 aliphatic carbocycles. The van der Waals surface area contributed by atoms with Crippen molar-refractivity contribution < 1.29 is 14.7 Å². The predicted molar refractivity (Wildman–Crippen MR) is 34.7 cm³/mol. The summed E-state index contributed by atoms with van der Waals surface area (Å²) in [4.78, 5) is 14.3. The molecule has 0 aromatic heterocycles. The van der Waals surface area contributed by atoms with Crippen LogP contribution in [0.15, 0.2) is 0 Å². The van der Waals surface area contributed by atoms with Crippen molar-refractivity contribution in [2.75, 3.05) is 6.61 Å². The quantitative estimate of drug-likeness (QED) is 0.435. The summed E-state index contributed by atoms with van der Waals surface area (Å²) in [6, 6.07) is 0. The molecule has 0 rings (SSSR count). The first-order valence-corrected chi connectivity index (χ1v) is 3.88. The van der Waals surface area contributed by atoms with Crippen molar-refractivity contribution in [2.24, 2.45) is 5.90 Å². The molecule has 0 aromatic rings. The van der Waals surface area contributed by atoms with Gasteiger partial charge in [-0.15, -0.1) is 0 Å². The van der Waals surface area contributed by atoms with Crippen LogP contribution in [0.5, 0.6) is 0 Å². The molecule has 0 amide bonds. The maximum absolute atomic E-state index is 10.1. The van der Waals surface area contributed by atoms with E-state index in [0.29, 0.717) is 13.0 Å². The van der Waals surface area contributed by atoms with Crippen molar-refractivity contribution in [3.8, 4) is 0 Å². The van der Waals surface area contributed by atoms with E-state index in [1.165, 1.54) is 16.9 Å². The van der Waals surface area contributed by atoms with Gasteiger partial charge in [0.2, 0.25) is 0 Å². The van der Waals surface area contributed by atoms with Crippen LogP contribution in [0.1, 0.15) is 6.42 Å². The van der Waals surface area contributed by atoms with Gasteiger partial charge < -0.3 is 0 Å². The van der Waals surface area contributed by atoms with E-state index >= 15 is 0 Å². The molecule has 0 fully saturated rings. The van der Waals surface area contributed by atoms with E-state index in [2.05, 4.69) is 4.84 Å². The second-order valence-corrected chi connectivity index (χ2v) is 3.29. The van der Waals surface area contributed by atoms with Crippen LogP contribution in [0, 0.1) is 0 Å². The second-order valence-electron chi connectivity index (χ2n) is 1.60. The molecule has 5 heteroatoms. The minimum absolute atomic E-state index is 0.305. The molecule has 2 atom stereocenters. The van der Waals surface area contributed by atoms with Crippen LogP contribution in [0.4, 0.5) is 0 Å². The summed E-state index contributed by atoms with van der Waals surface area (Å²) in [5, 5.41) is 8.33. The fraction of sp³-hybridized carbons (Fsp3) is 0.750. The van der Waals surface area contributed by atoms with Gasteiger partial charge in [0.25, 0.3) is 0 Å². The fourth-order valence-electron chi connectivity index (χ4n) is 0.318. The van der Waals surface area contributed by atoms with E-state index in [4.69, 9.17) is 11.0 Å². The van der Waals surface area contributed by atoms with Gasteiger partial charge in [0.1, 0.15) is 0 Å². The maximum atomic E-state index is 10.1. The van der Waals surface area contributed by atoms with Crippen LogP contribution < -0.4 is 5.90 Å². The molecule has 9 heavy (non-hydrogen) atoms. The number of rotatable bonds is 4. The molecule has 3 N–H and O–H groups in total. The van der Waals surface area contributed by atoms with Crippen LogP contribution in [0.2, 0.25) is 4.71 Å². The van der Waals surface area contributed by atoms with Crippen molar-refractivity contribution in [1.29, 1.82) is 0 Å². The van der Waals surface area contributed by atoms with Crippen molar-refractivity contribution >= 4 is 22.8 Å². The molecule has 0 spiro atoms. The van der Waals surface area contributed by atoms with Gasteiger partial charge >= 0.3 is 61.2 Å². The third-order valence-corrected chi connectivity index (χ3v) is 2.16. The van der Waals surface area contributed by atoms with Gasteiger partial charge in [-0.25, -0.2) is 0 Å². The normalized spacial score (nSPS) is 13.1. The van der Waals surface area contributed by atoms with Crippen LogP contribution in [0.25, 0.3) is 0 Å². The van der Waals surface area contributed by atoms with Gasteiger partial charge in [-0.2, -0.15) is 0 Å². The van der Waals surface area contributed by atoms with E-state index in [-0.39, 0.29) is 4.71 Å². The first kappa shape index (κ1) is 8.95. The summed E-state index contributed by atoms with van der Waals surface area (Å²) in [6.45, 7) is 0.315. The predicted octanol–water partition coefficient (Wildman–Crippen LogP) is -1.23. The minimum atomic E-state index is -0.785. The molecule has 4 nitrogen and oxygen atoms in total. The molecule has 2 unspecified atom stereocenters. The number of hydrogen-bond donors (Lipinski definition) is 2. The van der Waals surface area contributed by atoms with Gasteiger partial charge in [0, 0.05) is 0 Å². The molecule has 0 aliphatic heterocycles.